The molecule has 2 rings (SSSR count). The van der Waals surface area contributed by atoms with E-state index < -0.39 is 0 Å². The van der Waals surface area contributed by atoms with Gasteiger partial charge in [-0.25, -0.2) is 0 Å². The largest absolute Gasteiger partial charge is 0.348 e. The first-order chi connectivity index (χ1) is 12.0. The predicted molar refractivity (Wildman–Crippen MR) is 100 cm³/mol. The molecule has 2 aromatic rings. The first kappa shape index (κ1) is 18.7. The molecule has 0 saturated heterocycles. The molecule has 132 valence electrons. The molecule has 0 aliphatic heterocycles. The highest BCUT2D eigenvalue weighted by Gasteiger charge is 2.18. The Hall–Kier alpha value is -2.62. The van der Waals surface area contributed by atoms with E-state index in [1.54, 1.807) is 24.3 Å². The third kappa shape index (κ3) is 5.45. The van der Waals surface area contributed by atoms with Gasteiger partial charge in [-0.15, -0.1) is 0 Å². The zero-order valence-corrected chi connectivity index (χ0v) is 15.1. The molecule has 0 aliphatic carbocycles. The first-order valence-electron chi connectivity index (χ1n) is 8.72. The van der Waals surface area contributed by atoms with Gasteiger partial charge >= 0.3 is 0 Å². The Balaban J connectivity index is 1.94. The monoisotopic (exact) mass is 338 g/mol. The van der Waals surface area contributed by atoms with Crippen molar-refractivity contribution in [2.45, 2.75) is 33.2 Å². The standard InChI is InChI=1S/C21H26N2O2/c1-4-16-10-12-17(13-11-16)20(15(2)3)23-19(24)14-22-21(25)18-8-6-5-7-9-18/h5-13,15,20H,4,14H2,1-3H3,(H,22,25)(H,23,24). The van der Waals surface area contributed by atoms with E-state index in [1.807, 2.05) is 6.07 Å². The van der Waals surface area contributed by atoms with Gasteiger partial charge in [0, 0.05) is 5.56 Å². The minimum Gasteiger partial charge on any atom is -0.348 e. The molecule has 1 unspecified atom stereocenters. The topological polar surface area (TPSA) is 58.2 Å². The van der Waals surface area contributed by atoms with Gasteiger partial charge < -0.3 is 10.6 Å². The molecule has 0 aliphatic rings. The van der Waals surface area contributed by atoms with Crippen LogP contribution in [0.4, 0.5) is 0 Å². The van der Waals surface area contributed by atoms with Crippen LogP contribution in [0.1, 0.15) is 48.3 Å². The molecule has 1 atom stereocenters. The quantitative estimate of drug-likeness (QED) is 0.812. The normalized spacial score (nSPS) is 11.8. The van der Waals surface area contributed by atoms with Crippen molar-refractivity contribution in [2.75, 3.05) is 6.54 Å². The molecular weight excluding hydrogens is 312 g/mol. The van der Waals surface area contributed by atoms with E-state index in [0.29, 0.717) is 5.56 Å². The summed E-state index contributed by atoms with van der Waals surface area (Å²) in [5.74, 6) is -0.187. The number of carbonyl (C=O) groups is 2. The van der Waals surface area contributed by atoms with Crippen LogP contribution in [0.2, 0.25) is 0 Å². The lowest BCUT2D eigenvalue weighted by molar-refractivity contribution is -0.121. The molecule has 4 heteroatoms. The number of amides is 2. The van der Waals surface area contributed by atoms with Gasteiger partial charge in [-0.1, -0.05) is 63.2 Å². The highest BCUT2D eigenvalue weighted by atomic mass is 16.2. The molecule has 2 amide bonds. The van der Waals surface area contributed by atoms with Crippen molar-refractivity contribution in [3.8, 4) is 0 Å². The molecule has 0 bridgehead atoms. The maximum atomic E-state index is 12.3. The lowest BCUT2D eigenvalue weighted by Crippen LogP contribution is -2.40. The molecule has 0 saturated carbocycles. The summed E-state index contributed by atoms with van der Waals surface area (Å²) in [5.41, 5.74) is 2.90. The van der Waals surface area contributed by atoms with Crippen molar-refractivity contribution in [3.63, 3.8) is 0 Å². The molecule has 0 heterocycles. The maximum Gasteiger partial charge on any atom is 0.251 e. The van der Waals surface area contributed by atoms with Gasteiger partial charge in [-0.2, -0.15) is 0 Å². The van der Waals surface area contributed by atoms with Crippen LogP contribution in [-0.4, -0.2) is 18.4 Å². The van der Waals surface area contributed by atoms with E-state index in [1.165, 1.54) is 5.56 Å². The minimum absolute atomic E-state index is 0.0377. The Kier molecular flexibility index (Phi) is 6.75. The van der Waals surface area contributed by atoms with Crippen LogP contribution in [-0.2, 0) is 11.2 Å². The van der Waals surface area contributed by atoms with Crippen LogP contribution in [0.5, 0.6) is 0 Å². The third-order valence-corrected chi connectivity index (χ3v) is 4.18. The van der Waals surface area contributed by atoms with Gasteiger partial charge in [-0.3, -0.25) is 9.59 Å². The van der Waals surface area contributed by atoms with Crippen molar-refractivity contribution < 1.29 is 9.59 Å². The summed E-state index contributed by atoms with van der Waals surface area (Å²) >= 11 is 0. The second-order valence-corrected chi connectivity index (χ2v) is 6.43. The maximum absolute atomic E-state index is 12.3. The summed E-state index contributed by atoms with van der Waals surface area (Å²) in [6.07, 6.45) is 0.991. The number of nitrogens with one attached hydrogen (secondary N) is 2. The van der Waals surface area contributed by atoms with E-state index in [-0.39, 0.29) is 30.3 Å². The first-order valence-corrected chi connectivity index (χ1v) is 8.72. The summed E-state index contributed by atoms with van der Waals surface area (Å²) in [6, 6.07) is 17.1. The Morgan fingerprint density at radius 2 is 1.60 bits per heavy atom. The smallest absolute Gasteiger partial charge is 0.251 e. The Labute approximate surface area is 149 Å². The zero-order chi connectivity index (χ0) is 18.2. The van der Waals surface area contributed by atoms with Gasteiger partial charge in [0.25, 0.3) is 5.91 Å². The number of hydrogen-bond donors (Lipinski definition) is 2. The number of rotatable bonds is 7. The molecule has 25 heavy (non-hydrogen) atoms. The highest BCUT2D eigenvalue weighted by molar-refractivity contribution is 5.96. The predicted octanol–water partition coefficient (Wildman–Crippen LogP) is 3.49. The fourth-order valence-corrected chi connectivity index (χ4v) is 2.67. The zero-order valence-electron chi connectivity index (χ0n) is 15.1. The van der Waals surface area contributed by atoms with Gasteiger partial charge in [0.15, 0.2) is 0 Å². The molecule has 0 spiro atoms. The summed E-state index contributed by atoms with van der Waals surface area (Å²) in [6.45, 7) is 6.22. The lowest BCUT2D eigenvalue weighted by atomic mass is 9.95. The van der Waals surface area contributed by atoms with Gasteiger partial charge in [0.1, 0.15) is 0 Å². The van der Waals surface area contributed by atoms with E-state index in [9.17, 15) is 9.59 Å². The fourth-order valence-electron chi connectivity index (χ4n) is 2.67. The van der Waals surface area contributed by atoms with Crippen LogP contribution in [0.25, 0.3) is 0 Å². The van der Waals surface area contributed by atoms with E-state index in [0.717, 1.165) is 12.0 Å². The van der Waals surface area contributed by atoms with Crippen LogP contribution >= 0.6 is 0 Å². The van der Waals surface area contributed by atoms with Crippen LogP contribution in [0.15, 0.2) is 54.6 Å². The lowest BCUT2D eigenvalue weighted by Gasteiger charge is -2.23. The van der Waals surface area contributed by atoms with Crippen LogP contribution in [0.3, 0.4) is 0 Å². The molecule has 2 N–H and O–H groups in total. The SMILES string of the molecule is CCc1ccc(C(NC(=O)CNC(=O)c2ccccc2)C(C)C)cc1. The molecule has 2 aromatic carbocycles. The molecule has 0 aromatic heterocycles. The molecule has 0 fully saturated rings. The fraction of sp³-hybridized carbons (Fsp3) is 0.333. The van der Waals surface area contributed by atoms with Gasteiger partial charge in [0.2, 0.25) is 5.91 Å². The average molecular weight is 338 g/mol. The van der Waals surface area contributed by atoms with Crippen LogP contribution in [0, 0.1) is 5.92 Å². The number of carbonyl (C=O) groups excluding carboxylic acids is 2. The van der Waals surface area contributed by atoms with Crippen molar-refractivity contribution in [2.24, 2.45) is 5.92 Å². The summed E-state index contributed by atoms with van der Waals surface area (Å²) in [5, 5.41) is 5.69. The summed E-state index contributed by atoms with van der Waals surface area (Å²) in [7, 11) is 0. The van der Waals surface area contributed by atoms with Gasteiger partial charge in [-0.05, 0) is 35.6 Å². The van der Waals surface area contributed by atoms with Crippen LogP contribution < -0.4 is 10.6 Å². The summed E-state index contributed by atoms with van der Waals surface area (Å²) < 4.78 is 0. The number of aryl methyl sites for hydroxylation is 1. The van der Waals surface area contributed by atoms with Crippen molar-refractivity contribution >= 4 is 11.8 Å². The molecule has 0 radical (unpaired) electrons. The molecular formula is C21H26N2O2. The van der Waals surface area contributed by atoms with Crippen molar-refractivity contribution in [1.29, 1.82) is 0 Å². The number of benzene rings is 2. The van der Waals surface area contributed by atoms with E-state index in [2.05, 4.69) is 55.7 Å². The Bertz CT molecular complexity index is 694. The van der Waals surface area contributed by atoms with Gasteiger partial charge in [0.05, 0.1) is 12.6 Å². The minimum atomic E-state index is -0.246. The second-order valence-electron chi connectivity index (χ2n) is 6.43. The average Bonchev–Trinajstić information content (AvgIpc) is 2.64. The summed E-state index contributed by atoms with van der Waals surface area (Å²) in [4.78, 5) is 24.3. The Morgan fingerprint density at radius 3 is 2.16 bits per heavy atom. The van der Waals surface area contributed by atoms with E-state index >= 15 is 0 Å². The van der Waals surface area contributed by atoms with Crippen molar-refractivity contribution in [3.05, 3.63) is 71.3 Å². The Morgan fingerprint density at radius 1 is 0.960 bits per heavy atom. The highest BCUT2D eigenvalue weighted by Crippen LogP contribution is 2.22. The number of hydrogen-bond acceptors (Lipinski definition) is 2. The van der Waals surface area contributed by atoms with E-state index in [4.69, 9.17) is 0 Å². The van der Waals surface area contributed by atoms with Crippen molar-refractivity contribution in [1.82, 2.24) is 10.6 Å². The third-order valence-electron chi connectivity index (χ3n) is 4.18. The second kappa shape index (κ2) is 9.02. The molecule has 4 nitrogen and oxygen atoms in total.